The van der Waals surface area contributed by atoms with Crippen LogP contribution in [0.4, 0.5) is 5.82 Å². The molecule has 1 aromatic heterocycles. The van der Waals surface area contributed by atoms with Gasteiger partial charge in [-0.05, 0) is 57.9 Å². The van der Waals surface area contributed by atoms with E-state index >= 15 is 0 Å². The number of hydrogen-bond donors (Lipinski definition) is 1. The summed E-state index contributed by atoms with van der Waals surface area (Å²) >= 11 is 0. The second-order valence-corrected chi connectivity index (χ2v) is 7.30. The third kappa shape index (κ3) is 5.48. The first kappa shape index (κ1) is 20.2. The molecule has 1 aliphatic heterocycles. The van der Waals surface area contributed by atoms with Crippen LogP contribution in [0.25, 0.3) is 0 Å². The highest BCUT2D eigenvalue weighted by Crippen LogP contribution is 2.29. The van der Waals surface area contributed by atoms with E-state index in [0.717, 1.165) is 19.4 Å². The Bertz CT molecular complexity index is 704. The van der Waals surface area contributed by atoms with Gasteiger partial charge in [0.05, 0.1) is 12.6 Å². The first-order valence-electron chi connectivity index (χ1n) is 9.70. The number of aliphatic imine (C=N–C) groups is 1. The number of anilines is 1. The van der Waals surface area contributed by atoms with Crippen LogP contribution in [-0.2, 0) is 9.63 Å². The van der Waals surface area contributed by atoms with E-state index in [9.17, 15) is 4.79 Å². The van der Waals surface area contributed by atoms with Crippen molar-refractivity contribution < 1.29 is 14.4 Å². The molecule has 2 fully saturated rings. The number of ether oxygens (including phenoxy) is 1. The molecule has 28 heavy (non-hydrogen) atoms. The van der Waals surface area contributed by atoms with Crippen LogP contribution in [0.2, 0.25) is 0 Å². The first-order valence-corrected chi connectivity index (χ1v) is 9.70. The molecule has 9 nitrogen and oxygen atoms in total. The van der Waals surface area contributed by atoms with Crippen molar-refractivity contribution in [3.63, 3.8) is 0 Å². The summed E-state index contributed by atoms with van der Waals surface area (Å²) < 4.78 is 5.57. The second kappa shape index (κ2) is 9.59. The van der Waals surface area contributed by atoms with Gasteiger partial charge in [0.15, 0.2) is 11.7 Å². The lowest BCUT2D eigenvalue weighted by Gasteiger charge is -2.35. The highest BCUT2D eigenvalue weighted by atomic mass is 16.6. The lowest BCUT2D eigenvalue weighted by atomic mass is 9.95. The van der Waals surface area contributed by atoms with Crippen molar-refractivity contribution in [2.45, 2.75) is 38.6 Å². The predicted molar refractivity (Wildman–Crippen MR) is 107 cm³/mol. The van der Waals surface area contributed by atoms with Gasteiger partial charge in [-0.15, -0.1) is 10.2 Å². The van der Waals surface area contributed by atoms with Gasteiger partial charge in [-0.1, -0.05) is 5.16 Å². The smallest absolute Gasteiger partial charge is 0.242 e. The minimum absolute atomic E-state index is 0.101. The van der Waals surface area contributed by atoms with Crippen molar-refractivity contribution in [3.05, 3.63) is 12.1 Å². The Labute approximate surface area is 165 Å². The van der Waals surface area contributed by atoms with Crippen LogP contribution in [0.5, 0.6) is 5.88 Å². The van der Waals surface area contributed by atoms with Gasteiger partial charge in [0.2, 0.25) is 11.8 Å². The first-order chi connectivity index (χ1) is 13.6. The summed E-state index contributed by atoms with van der Waals surface area (Å²) in [6.45, 7) is 7.64. The Morgan fingerprint density at radius 1 is 1.39 bits per heavy atom. The summed E-state index contributed by atoms with van der Waals surface area (Å²) in [5.41, 5.74) is 0. The van der Waals surface area contributed by atoms with Crippen molar-refractivity contribution in [2.24, 2.45) is 22.0 Å². The molecule has 0 aromatic carbocycles. The van der Waals surface area contributed by atoms with Crippen molar-refractivity contribution in [2.75, 3.05) is 32.1 Å². The lowest BCUT2D eigenvalue weighted by molar-refractivity contribution is -0.121. The molecule has 2 atom stereocenters. The summed E-state index contributed by atoms with van der Waals surface area (Å²) in [5.74, 6) is 2.11. The van der Waals surface area contributed by atoms with E-state index in [1.807, 2.05) is 6.92 Å². The number of carbonyl (C=O) groups excluding carboxylic acids is 1. The molecule has 2 heterocycles. The minimum atomic E-state index is -0.316. The highest BCUT2D eigenvalue weighted by molar-refractivity contribution is 5.94. The van der Waals surface area contributed by atoms with Gasteiger partial charge in [-0.2, -0.15) is 0 Å². The van der Waals surface area contributed by atoms with Gasteiger partial charge in [0.1, 0.15) is 7.11 Å². The Hall–Kier alpha value is -2.55. The molecule has 1 aliphatic carbocycles. The zero-order valence-electron chi connectivity index (χ0n) is 16.5. The fourth-order valence-electron chi connectivity index (χ4n) is 3.24. The quantitative estimate of drug-likeness (QED) is 0.415. The number of likely N-dealkylation sites (tertiary alicyclic amines) is 1. The normalized spacial score (nSPS) is 21.6. The Kier molecular flexibility index (Phi) is 6.91. The molecule has 2 aliphatic rings. The van der Waals surface area contributed by atoms with E-state index in [1.54, 1.807) is 12.1 Å². The molecule has 1 aromatic rings. The summed E-state index contributed by atoms with van der Waals surface area (Å²) in [5, 5.41) is 14.8. The molecule has 3 rings (SSSR count). The van der Waals surface area contributed by atoms with E-state index in [4.69, 9.17) is 9.57 Å². The molecule has 0 radical (unpaired) electrons. The second-order valence-electron chi connectivity index (χ2n) is 7.30. The number of nitrogens with one attached hydrogen (secondary N) is 1. The summed E-state index contributed by atoms with van der Waals surface area (Å²) in [7, 11) is 1.49. The monoisotopic (exact) mass is 388 g/mol. The number of aromatic nitrogens is 2. The van der Waals surface area contributed by atoms with Crippen molar-refractivity contribution in [1.82, 2.24) is 15.1 Å². The SMILES string of the molecule is C=N/C(=N\OC)C1CCCN(C(C)C(=O)Nc2ccc(OCC3CC3)nn2)C1. The lowest BCUT2D eigenvalue weighted by Crippen LogP contribution is -2.48. The maximum absolute atomic E-state index is 12.6. The summed E-state index contributed by atoms with van der Waals surface area (Å²) in [6, 6.07) is 3.13. The largest absolute Gasteiger partial charge is 0.476 e. The summed E-state index contributed by atoms with van der Waals surface area (Å²) in [6.07, 6.45) is 4.34. The number of oxime groups is 1. The Balaban J connectivity index is 1.52. The van der Waals surface area contributed by atoms with Crippen molar-refractivity contribution in [1.29, 1.82) is 0 Å². The topological polar surface area (TPSA) is 101 Å². The molecule has 0 spiro atoms. The third-order valence-electron chi connectivity index (χ3n) is 5.15. The zero-order chi connectivity index (χ0) is 19.9. The number of rotatable bonds is 8. The van der Waals surface area contributed by atoms with Crippen LogP contribution in [0.15, 0.2) is 22.3 Å². The van der Waals surface area contributed by atoms with E-state index < -0.39 is 0 Å². The van der Waals surface area contributed by atoms with Crippen molar-refractivity contribution in [3.8, 4) is 5.88 Å². The standard InChI is InChI=1S/C19H28N6O3/c1-13(25-10-4-5-15(11-25)18(20-2)24-27-3)19(26)21-16-8-9-17(23-22-16)28-12-14-6-7-14/h8-9,13-15H,2,4-7,10-12H2,1,3H3,(H,21,22,26)/b24-18-. The predicted octanol–water partition coefficient (Wildman–Crippen LogP) is 1.96. The highest BCUT2D eigenvalue weighted by Gasteiger charge is 2.30. The van der Waals surface area contributed by atoms with Gasteiger partial charge in [-0.25, -0.2) is 4.99 Å². The van der Waals surface area contributed by atoms with Gasteiger partial charge in [-0.3, -0.25) is 9.69 Å². The van der Waals surface area contributed by atoms with Gasteiger partial charge < -0.3 is 14.9 Å². The molecule has 1 amide bonds. The van der Waals surface area contributed by atoms with Crippen molar-refractivity contribution >= 4 is 24.3 Å². The molecule has 1 N–H and O–H groups in total. The number of amidine groups is 1. The van der Waals surface area contributed by atoms with E-state index in [1.165, 1.54) is 20.0 Å². The maximum atomic E-state index is 12.6. The number of piperidine rings is 1. The number of nitrogens with zero attached hydrogens (tertiary/aromatic N) is 5. The summed E-state index contributed by atoms with van der Waals surface area (Å²) in [4.78, 5) is 23.6. The minimum Gasteiger partial charge on any atom is -0.476 e. The van der Waals surface area contributed by atoms with Crippen LogP contribution in [0, 0.1) is 11.8 Å². The fraction of sp³-hybridized carbons (Fsp3) is 0.632. The van der Waals surface area contributed by atoms with E-state index in [0.29, 0.717) is 36.6 Å². The molecule has 0 bridgehead atoms. The number of carbonyl (C=O) groups is 1. The molecule has 1 saturated heterocycles. The van der Waals surface area contributed by atoms with Crippen LogP contribution >= 0.6 is 0 Å². The average molecular weight is 388 g/mol. The number of amides is 1. The van der Waals surface area contributed by atoms with Crippen LogP contribution in [0.3, 0.4) is 0 Å². The van der Waals surface area contributed by atoms with Crippen LogP contribution < -0.4 is 10.1 Å². The molecular formula is C19H28N6O3. The van der Waals surface area contributed by atoms with Gasteiger partial charge in [0, 0.05) is 18.5 Å². The van der Waals surface area contributed by atoms with Gasteiger partial charge >= 0.3 is 0 Å². The molecule has 1 saturated carbocycles. The van der Waals surface area contributed by atoms with Gasteiger partial charge in [0.25, 0.3) is 0 Å². The average Bonchev–Trinajstić information content (AvgIpc) is 3.55. The Morgan fingerprint density at radius 3 is 2.86 bits per heavy atom. The Morgan fingerprint density at radius 2 is 2.21 bits per heavy atom. The molecule has 152 valence electrons. The number of hydrogen-bond acceptors (Lipinski definition) is 7. The van der Waals surface area contributed by atoms with Crippen LogP contribution in [0.1, 0.15) is 32.6 Å². The fourth-order valence-corrected chi connectivity index (χ4v) is 3.24. The van der Waals surface area contributed by atoms with E-state index in [2.05, 4.69) is 37.3 Å². The zero-order valence-corrected chi connectivity index (χ0v) is 16.5. The molecule has 2 unspecified atom stereocenters. The maximum Gasteiger partial charge on any atom is 0.242 e. The molecular weight excluding hydrogens is 360 g/mol. The van der Waals surface area contributed by atoms with Crippen LogP contribution in [-0.4, -0.2) is 66.4 Å². The third-order valence-corrected chi connectivity index (χ3v) is 5.15. The van der Waals surface area contributed by atoms with E-state index in [-0.39, 0.29) is 17.9 Å². The molecule has 9 heteroatoms.